The molecule has 1 amide bonds. The maximum Gasteiger partial charge on any atom is 0.223 e. The molecule has 1 aromatic carbocycles. The summed E-state index contributed by atoms with van der Waals surface area (Å²) < 4.78 is 7.62. The normalized spacial score (nSPS) is 19.8. The molecule has 0 saturated heterocycles. The van der Waals surface area contributed by atoms with E-state index in [1.165, 1.54) is 11.3 Å². The number of carbonyl (C=O) groups excluding carboxylic acids is 1. The van der Waals surface area contributed by atoms with E-state index in [4.69, 9.17) is 4.74 Å². The Morgan fingerprint density at radius 1 is 1.31 bits per heavy atom. The van der Waals surface area contributed by atoms with Crippen molar-refractivity contribution in [3.63, 3.8) is 0 Å². The van der Waals surface area contributed by atoms with Gasteiger partial charge in [0.25, 0.3) is 0 Å². The van der Waals surface area contributed by atoms with Gasteiger partial charge in [-0.05, 0) is 31.4 Å². The summed E-state index contributed by atoms with van der Waals surface area (Å²) in [4.78, 5) is 14.3. The van der Waals surface area contributed by atoms with E-state index in [9.17, 15) is 4.79 Å². The summed E-state index contributed by atoms with van der Waals surface area (Å²) in [5.41, 5.74) is 2.42. The van der Waals surface area contributed by atoms with Crippen LogP contribution in [0.2, 0.25) is 0 Å². The second kappa shape index (κ2) is 7.50. The molecule has 0 spiro atoms. The standard InChI is InChI=1S/C20H26N4O2/c1-26-19-5-3-2-4-16(19)12-23-13-17(24-18(14-23)9-11-22-24)8-10-21-20(25)15-6-7-15/h2-5,9,11,15,17H,6-8,10,12-14H2,1H3,(H,21,25). The number of nitrogens with zero attached hydrogens (tertiary/aromatic N) is 3. The van der Waals surface area contributed by atoms with Gasteiger partial charge in [0.2, 0.25) is 5.91 Å². The zero-order valence-corrected chi connectivity index (χ0v) is 15.2. The van der Waals surface area contributed by atoms with Crippen LogP contribution in [-0.2, 0) is 17.9 Å². The number of amides is 1. The van der Waals surface area contributed by atoms with Crippen molar-refractivity contribution in [2.24, 2.45) is 5.92 Å². The third-order valence-corrected chi connectivity index (χ3v) is 5.26. The summed E-state index contributed by atoms with van der Waals surface area (Å²) in [5.74, 6) is 1.41. The molecule has 1 aliphatic carbocycles. The predicted octanol–water partition coefficient (Wildman–Crippen LogP) is 2.36. The average Bonchev–Trinajstić information content (AvgIpc) is 3.40. The summed E-state index contributed by atoms with van der Waals surface area (Å²) in [6, 6.07) is 10.5. The molecule has 138 valence electrons. The Bertz CT molecular complexity index is 769. The van der Waals surface area contributed by atoms with Crippen LogP contribution in [0.25, 0.3) is 0 Å². The lowest BCUT2D eigenvalue weighted by atomic mass is 10.1. The van der Waals surface area contributed by atoms with Crippen molar-refractivity contribution in [2.75, 3.05) is 20.2 Å². The lowest BCUT2D eigenvalue weighted by Gasteiger charge is -2.34. The van der Waals surface area contributed by atoms with Crippen molar-refractivity contribution in [1.29, 1.82) is 0 Å². The molecule has 2 aliphatic rings. The van der Waals surface area contributed by atoms with Crippen LogP contribution < -0.4 is 10.1 Å². The number of para-hydroxylation sites is 1. The average molecular weight is 354 g/mol. The first-order valence-corrected chi connectivity index (χ1v) is 9.39. The van der Waals surface area contributed by atoms with Gasteiger partial charge in [0.15, 0.2) is 0 Å². The Kier molecular flexibility index (Phi) is 4.93. The summed E-state index contributed by atoms with van der Waals surface area (Å²) in [5, 5.41) is 7.59. The number of aromatic nitrogens is 2. The fraction of sp³-hybridized carbons (Fsp3) is 0.500. The van der Waals surface area contributed by atoms with Gasteiger partial charge in [0.1, 0.15) is 5.75 Å². The molecule has 0 radical (unpaired) electrons. The van der Waals surface area contributed by atoms with Crippen molar-refractivity contribution >= 4 is 5.91 Å². The van der Waals surface area contributed by atoms with Crippen molar-refractivity contribution in [1.82, 2.24) is 20.0 Å². The van der Waals surface area contributed by atoms with E-state index in [2.05, 4.69) is 38.2 Å². The minimum atomic E-state index is 0.215. The van der Waals surface area contributed by atoms with Crippen molar-refractivity contribution in [3.05, 3.63) is 47.8 Å². The van der Waals surface area contributed by atoms with E-state index in [1.807, 2.05) is 18.3 Å². The number of hydrogen-bond acceptors (Lipinski definition) is 4. The molecule has 1 aliphatic heterocycles. The number of nitrogens with one attached hydrogen (secondary N) is 1. The van der Waals surface area contributed by atoms with Gasteiger partial charge >= 0.3 is 0 Å². The third kappa shape index (κ3) is 3.75. The largest absolute Gasteiger partial charge is 0.496 e. The monoisotopic (exact) mass is 354 g/mol. The summed E-state index contributed by atoms with van der Waals surface area (Å²) in [6.07, 6.45) is 4.86. The molecule has 0 bridgehead atoms. The van der Waals surface area contributed by atoms with Gasteiger partial charge in [0, 0.05) is 43.9 Å². The quantitative estimate of drug-likeness (QED) is 0.829. The first kappa shape index (κ1) is 17.1. The van der Waals surface area contributed by atoms with Crippen LogP contribution in [0.3, 0.4) is 0 Å². The van der Waals surface area contributed by atoms with Crippen LogP contribution in [0.15, 0.2) is 36.5 Å². The van der Waals surface area contributed by atoms with Gasteiger partial charge in [-0.15, -0.1) is 0 Å². The topological polar surface area (TPSA) is 59.4 Å². The zero-order valence-electron chi connectivity index (χ0n) is 15.2. The highest BCUT2D eigenvalue weighted by Gasteiger charge is 2.30. The maximum absolute atomic E-state index is 11.9. The number of rotatable bonds is 7. The number of ether oxygens (including phenoxy) is 1. The van der Waals surface area contributed by atoms with E-state index in [0.717, 1.165) is 44.6 Å². The minimum Gasteiger partial charge on any atom is -0.496 e. The van der Waals surface area contributed by atoms with Crippen molar-refractivity contribution < 1.29 is 9.53 Å². The molecule has 6 heteroatoms. The lowest BCUT2D eigenvalue weighted by molar-refractivity contribution is -0.122. The van der Waals surface area contributed by atoms with Gasteiger partial charge in [0.05, 0.1) is 18.8 Å². The Labute approximate surface area is 154 Å². The molecular weight excluding hydrogens is 328 g/mol. The fourth-order valence-corrected chi connectivity index (χ4v) is 3.73. The van der Waals surface area contributed by atoms with E-state index in [1.54, 1.807) is 7.11 Å². The smallest absolute Gasteiger partial charge is 0.223 e. The molecule has 1 fully saturated rings. The molecule has 1 saturated carbocycles. The number of fused-ring (bicyclic) bond motifs is 1. The Morgan fingerprint density at radius 2 is 2.15 bits per heavy atom. The van der Waals surface area contributed by atoms with Crippen LogP contribution in [0.4, 0.5) is 0 Å². The molecule has 1 N–H and O–H groups in total. The Morgan fingerprint density at radius 3 is 2.96 bits per heavy atom. The van der Waals surface area contributed by atoms with Crippen LogP contribution >= 0.6 is 0 Å². The number of benzene rings is 1. The summed E-state index contributed by atoms with van der Waals surface area (Å²) >= 11 is 0. The van der Waals surface area contributed by atoms with Crippen LogP contribution in [0.5, 0.6) is 5.75 Å². The molecule has 2 aromatic rings. The van der Waals surface area contributed by atoms with Gasteiger partial charge in [-0.25, -0.2) is 0 Å². The molecule has 6 nitrogen and oxygen atoms in total. The highest BCUT2D eigenvalue weighted by molar-refractivity contribution is 5.80. The molecule has 26 heavy (non-hydrogen) atoms. The summed E-state index contributed by atoms with van der Waals surface area (Å²) in [7, 11) is 1.72. The second-order valence-electron chi connectivity index (χ2n) is 7.26. The van der Waals surface area contributed by atoms with Crippen molar-refractivity contribution in [3.8, 4) is 5.75 Å². The number of methoxy groups -OCH3 is 1. The highest BCUT2D eigenvalue weighted by Crippen LogP contribution is 2.29. The van der Waals surface area contributed by atoms with Gasteiger partial charge in [-0.1, -0.05) is 18.2 Å². The predicted molar refractivity (Wildman–Crippen MR) is 98.7 cm³/mol. The maximum atomic E-state index is 11.9. The number of carbonyl (C=O) groups is 1. The SMILES string of the molecule is COc1ccccc1CN1Cc2ccnn2C(CCNC(=O)C2CC2)C1. The molecule has 1 unspecified atom stereocenters. The van der Waals surface area contributed by atoms with E-state index in [0.29, 0.717) is 6.54 Å². The second-order valence-corrected chi connectivity index (χ2v) is 7.26. The molecule has 4 rings (SSSR count). The van der Waals surface area contributed by atoms with Gasteiger partial charge in [-0.3, -0.25) is 14.4 Å². The molecular formula is C20H26N4O2. The molecule has 1 atom stereocenters. The van der Waals surface area contributed by atoms with Crippen LogP contribution in [-0.4, -0.2) is 40.8 Å². The van der Waals surface area contributed by atoms with E-state index < -0.39 is 0 Å². The van der Waals surface area contributed by atoms with Crippen LogP contribution in [0, 0.1) is 5.92 Å². The summed E-state index contributed by atoms with van der Waals surface area (Å²) in [6.45, 7) is 3.36. The van der Waals surface area contributed by atoms with Gasteiger partial charge in [-0.2, -0.15) is 5.10 Å². The first-order valence-electron chi connectivity index (χ1n) is 9.39. The molecule has 1 aromatic heterocycles. The first-order chi connectivity index (χ1) is 12.7. The van der Waals surface area contributed by atoms with Crippen LogP contribution in [0.1, 0.15) is 36.6 Å². The van der Waals surface area contributed by atoms with Crippen molar-refractivity contribution in [2.45, 2.75) is 38.4 Å². The Balaban J connectivity index is 1.41. The minimum absolute atomic E-state index is 0.215. The third-order valence-electron chi connectivity index (χ3n) is 5.26. The van der Waals surface area contributed by atoms with E-state index >= 15 is 0 Å². The number of hydrogen-bond donors (Lipinski definition) is 1. The zero-order chi connectivity index (χ0) is 17.9. The Hall–Kier alpha value is -2.34. The van der Waals surface area contributed by atoms with Gasteiger partial charge < -0.3 is 10.1 Å². The highest BCUT2D eigenvalue weighted by atomic mass is 16.5. The van der Waals surface area contributed by atoms with E-state index in [-0.39, 0.29) is 17.9 Å². The fourth-order valence-electron chi connectivity index (χ4n) is 3.73. The molecule has 2 heterocycles. The lowest BCUT2D eigenvalue weighted by Crippen LogP contribution is -2.39.